The number of methoxy groups -OCH3 is 1. The van der Waals surface area contributed by atoms with E-state index in [0.717, 1.165) is 11.1 Å². The first-order valence-electron chi connectivity index (χ1n) is 7.94. The minimum atomic E-state index is -0.488. The Bertz CT molecular complexity index is 1100. The van der Waals surface area contributed by atoms with Gasteiger partial charge in [0.25, 0.3) is 0 Å². The van der Waals surface area contributed by atoms with Crippen LogP contribution in [0.3, 0.4) is 0 Å². The lowest BCUT2D eigenvalue weighted by atomic mass is 10.1. The molecule has 3 aromatic carbocycles. The molecule has 0 saturated heterocycles. The number of hydrogen-bond donors (Lipinski definition) is 0. The van der Waals surface area contributed by atoms with E-state index in [0.29, 0.717) is 22.6 Å². The number of nitro groups is 1. The minimum absolute atomic E-state index is 0.128. The summed E-state index contributed by atoms with van der Waals surface area (Å²) in [5, 5.41) is 11.2. The Morgan fingerprint density at radius 3 is 2.46 bits per heavy atom. The molecule has 0 amide bonds. The normalized spacial score (nSPS) is 10.8. The maximum absolute atomic E-state index is 11.2. The van der Waals surface area contributed by atoms with Crippen molar-refractivity contribution in [3.63, 3.8) is 0 Å². The van der Waals surface area contributed by atoms with Gasteiger partial charge in [0.2, 0.25) is 5.89 Å². The zero-order chi connectivity index (χ0) is 18.1. The molecule has 0 saturated carbocycles. The van der Waals surface area contributed by atoms with E-state index in [1.165, 1.54) is 19.2 Å². The first-order chi connectivity index (χ1) is 12.7. The van der Waals surface area contributed by atoms with Crippen LogP contribution in [-0.4, -0.2) is 17.0 Å². The van der Waals surface area contributed by atoms with Gasteiger partial charge < -0.3 is 9.15 Å². The number of hydrogen-bond acceptors (Lipinski definition) is 5. The monoisotopic (exact) mass is 346 g/mol. The molecule has 0 radical (unpaired) electrons. The molecule has 128 valence electrons. The maximum atomic E-state index is 11.2. The Labute approximate surface area is 148 Å². The molecule has 0 aliphatic rings. The van der Waals surface area contributed by atoms with Crippen molar-refractivity contribution >= 4 is 16.8 Å². The number of rotatable bonds is 4. The number of benzene rings is 3. The highest BCUT2D eigenvalue weighted by Gasteiger charge is 2.18. The first kappa shape index (κ1) is 15.8. The largest absolute Gasteiger partial charge is 0.490 e. The molecule has 1 heterocycles. The zero-order valence-corrected chi connectivity index (χ0v) is 13.9. The van der Waals surface area contributed by atoms with E-state index < -0.39 is 4.92 Å². The highest BCUT2D eigenvalue weighted by atomic mass is 16.6. The molecule has 0 N–H and O–H groups in total. The topological polar surface area (TPSA) is 78.4 Å². The lowest BCUT2D eigenvalue weighted by Crippen LogP contribution is -1.94. The summed E-state index contributed by atoms with van der Waals surface area (Å²) in [7, 11) is 1.40. The van der Waals surface area contributed by atoms with Crippen LogP contribution < -0.4 is 4.74 Å². The van der Waals surface area contributed by atoms with E-state index in [-0.39, 0.29) is 11.4 Å². The molecule has 0 aliphatic carbocycles. The second-order valence-corrected chi connectivity index (χ2v) is 5.71. The van der Waals surface area contributed by atoms with Gasteiger partial charge in [0.05, 0.1) is 12.0 Å². The summed E-state index contributed by atoms with van der Waals surface area (Å²) in [6.45, 7) is 0. The van der Waals surface area contributed by atoms with Gasteiger partial charge in [-0.2, -0.15) is 0 Å². The number of nitro benzene ring substituents is 1. The third kappa shape index (κ3) is 2.77. The van der Waals surface area contributed by atoms with Crippen LogP contribution in [0, 0.1) is 10.1 Å². The lowest BCUT2D eigenvalue weighted by Gasteiger charge is -2.02. The third-order valence-corrected chi connectivity index (χ3v) is 4.12. The SMILES string of the molecule is COc1ccc(-c2nc3cc(-c4ccccc4)ccc3o2)cc1[N+](=O)[O-]. The van der Waals surface area contributed by atoms with Gasteiger partial charge in [0, 0.05) is 11.6 Å². The van der Waals surface area contributed by atoms with Crippen LogP contribution in [0.2, 0.25) is 0 Å². The summed E-state index contributed by atoms with van der Waals surface area (Å²) in [6, 6.07) is 20.4. The summed E-state index contributed by atoms with van der Waals surface area (Å²) in [5.74, 6) is 0.525. The van der Waals surface area contributed by atoms with E-state index in [4.69, 9.17) is 9.15 Å². The fraction of sp³-hybridized carbons (Fsp3) is 0.0500. The molecule has 6 heteroatoms. The Morgan fingerprint density at radius 2 is 1.73 bits per heavy atom. The van der Waals surface area contributed by atoms with Crippen molar-refractivity contribution in [2.75, 3.05) is 7.11 Å². The number of nitrogens with zero attached hydrogens (tertiary/aromatic N) is 2. The van der Waals surface area contributed by atoms with Crippen molar-refractivity contribution in [2.45, 2.75) is 0 Å². The van der Waals surface area contributed by atoms with Crippen molar-refractivity contribution < 1.29 is 14.1 Å². The predicted molar refractivity (Wildman–Crippen MR) is 98.1 cm³/mol. The van der Waals surface area contributed by atoms with Gasteiger partial charge in [-0.25, -0.2) is 4.98 Å². The average molecular weight is 346 g/mol. The van der Waals surface area contributed by atoms with Gasteiger partial charge in [0.1, 0.15) is 5.52 Å². The smallest absolute Gasteiger partial charge is 0.311 e. The fourth-order valence-electron chi connectivity index (χ4n) is 2.83. The van der Waals surface area contributed by atoms with E-state index >= 15 is 0 Å². The van der Waals surface area contributed by atoms with E-state index in [1.807, 2.05) is 48.5 Å². The molecule has 6 nitrogen and oxygen atoms in total. The first-order valence-corrected chi connectivity index (χ1v) is 7.94. The molecule has 4 rings (SSSR count). The van der Waals surface area contributed by atoms with Crippen LogP contribution in [0.25, 0.3) is 33.7 Å². The van der Waals surface area contributed by atoms with Gasteiger partial charge in [-0.05, 0) is 35.4 Å². The van der Waals surface area contributed by atoms with Crippen LogP contribution in [0.1, 0.15) is 0 Å². The zero-order valence-electron chi connectivity index (χ0n) is 13.9. The Hall–Kier alpha value is -3.67. The highest BCUT2D eigenvalue weighted by Crippen LogP contribution is 2.34. The quantitative estimate of drug-likeness (QED) is 0.380. The molecule has 26 heavy (non-hydrogen) atoms. The van der Waals surface area contributed by atoms with Crippen LogP contribution in [-0.2, 0) is 0 Å². The maximum Gasteiger partial charge on any atom is 0.311 e. The van der Waals surface area contributed by atoms with Gasteiger partial charge in [-0.3, -0.25) is 10.1 Å². The van der Waals surface area contributed by atoms with Crippen LogP contribution in [0.4, 0.5) is 5.69 Å². The van der Waals surface area contributed by atoms with Crippen molar-refractivity contribution in [3.05, 3.63) is 76.8 Å². The molecule has 4 aromatic rings. The molecular weight excluding hydrogens is 332 g/mol. The number of ether oxygens (including phenoxy) is 1. The van der Waals surface area contributed by atoms with Crippen LogP contribution >= 0.6 is 0 Å². The average Bonchev–Trinajstić information content (AvgIpc) is 3.11. The van der Waals surface area contributed by atoms with Gasteiger partial charge >= 0.3 is 5.69 Å². The van der Waals surface area contributed by atoms with Crippen LogP contribution in [0.5, 0.6) is 5.75 Å². The molecule has 1 aromatic heterocycles. The summed E-state index contributed by atoms with van der Waals surface area (Å²) < 4.78 is 10.8. The summed E-state index contributed by atoms with van der Waals surface area (Å²) in [5.41, 5.74) is 3.82. The molecular formula is C20H14N2O4. The van der Waals surface area contributed by atoms with Crippen LogP contribution in [0.15, 0.2) is 71.1 Å². The summed E-state index contributed by atoms with van der Waals surface area (Å²) in [4.78, 5) is 15.2. The van der Waals surface area contributed by atoms with Crippen molar-refractivity contribution in [2.24, 2.45) is 0 Å². The molecule has 0 fully saturated rings. The molecule has 0 atom stereocenters. The molecule has 0 spiro atoms. The second-order valence-electron chi connectivity index (χ2n) is 5.71. The minimum Gasteiger partial charge on any atom is -0.490 e. The number of fused-ring (bicyclic) bond motifs is 1. The Balaban J connectivity index is 1.78. The highest BCUT2D eigenvalue weighted by molar-refractivity contribution is 5.82. The summed E-state index contributed by atoms with van der Waals surface area (Å²) in [6.07, 6.45) is 0. The van der Waals surface area contributed by atoms with E-state index in [9.17, 15) is 10.1 Å². The molecule has 0 unspecified atom stereocenters. The number of aromatic nitrogens is 1. The second kappa shape index (κ2) is 6.33. The molecule has 0 aliphatic heterocycles. The number of oxazole rings is 1. The standard InChI is InChI=1S/C20H14N2O4/c1-25-19-10-8-15(12-17(19)22(23)24)20-21-16-11-14(7-9-18(16)26-20)13-5-3-2-4-6-13/h2-12H,1H3. The Morgan fingerprint density at radius 1 is 0.962 bits per heavy atom. The van der Waals surface area contributed by atoms with Gasteiger partial charge in [-0.15, -0.1) is 0 Å². The third-order valence-electron chi connectivity index (χ3n) is 4.12. The van der Waals surface area contributed by atoms with E-state index in [1.54, 1.807) is 6.07 Å². The molecule has 0 bridgehead atoms. The van der Waals surface area contributed by atoms with E-state index in [2.05, 4.69) is 4.98 Å². The lowest BCUT2D eigenvalue weighted by molar-refractivity contribution is -0.385. The summed E-state index contributed by atoms with van der Waals surface area (Å²) >= 11 is 0. The fourth-order valence-corrected chi connectivity index (χ4v) is 2.83. The van der Waals surface area contributed by atoms with Gasteiger partial charge in [0.15, 0.2) is 11.3 Å². The van der Waals surface area contributed by atoms with Crippen molar-refractivity contribution in [3.8, 4) is 28.3 Å². The van der Waals surface area contributed by atoms with Gasteiger partial charge in [-0.1, -0.05) is 36.4 Å². The Kier molecular flexibility index (Phi) is 3.85. The van der Waals surface area contributed by atoms with Crippen molar-refractivity contribution in [1.82, 2.24) is 4.98 Å². The van der Waals surface area contributed by atoms with Crippen molar-refractivity contribution in [1.29, 1.82) is 0 Å². The predicted octanol–water partition coefficient (Wildman–Crippen LogP) is 5.08.